The van der Waals surface area contributed by atoms with Crippen LogP contribution in [0.15, 0.2) is 35.9 Å². The van der Waals surface area contributed by atoms with Crippen molar-refractivity contribution in [2.75, 3.05) is 13.7 Å². The van der Waals surface area contributed by atoms with E-state index in [0.717, 1.165) is 19.4 Å². The predicted octanol–water partition coefficient (Wildman–Crippen LogP) is 3.80. The van der Waals surface area contributed by atoms with E-state index < -0.39 is 0 Å². The van der Waals surface area contributed by atoms with E-state index in [0.29, 0.717) is 18.1 Å². The highest BCUT2D eigenvalue weighted by Crippen LogP contribution is 2.26. The maximum Gasteiger partial charge on any atom is 0.337 e. The average molecular weight is 347 g/mol. The standard InChI is InChI=1S/C15H19NO2.C5H10O2/c1-3-11-8-9-16-14(10-11)12-4-6-13(7-5-12)15(17)18-2;1-5(2,3)7-4-6/h3-7,14,16H,8-10H2,1-2H3;4H,1-3H3. The van der Waals surface area contributed by atoms with E-state index in [1.807, 2.05) is 45.0 Å². The summed E-state index contributed by atoms with van der Waals surface area (Å²) in [4.78, 5) is 21.0. The Morgan fingerprint density at radius 2 is 1.88 bits per heavy atom. The summed E-state index contributed by atoms with van der Waals surface area (Å²) in [6, 6.07) is 8.02. The summed E-state index contributed by atoms with van der Waals surface area (Å²) in [5.41, 5.74) is 3.00. The molecule has 1 atom stereocenters. The van der Waals surface area contributed by atoms with Crippen LogP contribution in [0.25, 0.3) is 0 Å². The second-order valence-corrected chi connectivity index (χ2v) is 6.85. The third kappa shape index (κ3) is 7.52. The molecule has 25 heavy (non-hydrogen) atoms. The molecular formula is C20H29NO4. The Morgan fingerprint density at radius 3 is 2.32 bits per heavy atom. The van der Waals surface area contributed by atoms with Gasteiger partial charge >= 0.3 is 5.97 Å². The molecule has 1 aromatic carbocycles. The van der Waals surface area contributed by atoms with Crippen LogP contribution in [0.2, 0.25) is 0 Å². The molecule has 1 N–H and O–H groups in total. The highest BCUT2D eigenvalue weighted by molar-refractivity contribution is 5.89. The van der Waals surface area contributed by atoms with Gasteiger partial charge in [0.1, 0.15) is 5.60 Å². The Kier molecular flexibility index (Phi) is 8.35. The average Bonchev–Trinajstić information content (AvgIpc) is 2.61. The number of rotatable bonds is 3. The van der Waals surface area contributed by atoms with Gasteiger partial charge in [-0.1, -0.05) is 23.8 Å². The van der Waals surface area contributed by atoms with Crippen LogP contribution in [-0.2, 0) is 14.3 Å². The van der Waals surface area contributed by atoms with Gasteiger partial charge in [0.2, 0.25) is 0 Å². The van der Waals surface area contributed by atoms with Crippen LogP contribution in [0.5, 0.6) is 0 Å². The predicted molar refractivity (Wildman–Crippen MR) is 98.4 cm³/mol. The quantitative estimate of drug-likeness (QED) is 0.512. The van der Waals surface area contributed by atoms with Gasteiger partial charge in [-0.3, -0.25) is 4.79 Å². The van der Waals surface area contributed by atoms with Crippen molar-refractivity contribution in [1.82, 2.24) is 5.32 Å². The fraction of sp³-hybridized carbons (Fsp3) is 0.500. The first-order valence-electron chi connectivity index (χ1n) is 8.48. The number of ether oxygens (including phenoxy) is 2. The van der Waals surface area contributed by atoms with Gasteiger partial charge < -0.3 is 14.8 Å². The molecule has 0 bridgehead atoms. The first-order valence-corrected chi connectivity index (χ1v) is 8.48. The van der Waals surface area contributed by atoms with Crippen LogP contribution in [0, 0.1) is 0 Å². The lowest BCUT2D eigenvalue weighted by atomic mass is 9.93. The second kappa shape index (κ2) is 9.99. The van der Waals surface area contributed by atoms with Gasteiger partial charge in [0, 0.05) is 6.04 Å². The molecule has 1 aliphatic heterocycles. The van der Waals surface area contributed by atoms with Crippen molar-refractivity contribution in [1.29, 1.82) is 0 Å². The molecule has 1 fully saturated rings. The molecule has 0 radical (unpaired) electrons. The minimum absolute atomic E-state index is 0.285. The summed E-state index contributed by atoms with van der Waals surface area (Å²) in [5.74, 6) is -0.285. The minimum atomic E-state index is -0.318. The number of piperidine rings is 1. The van der Waals surface area contributed by atoms with Gasteiger partial charge in [-0.25, -0.2) is 4.79 Å². The number of hydrogen-bond acceptors (Lipinski definition) is 5. The maximum atomic E-state index is 11.4. The van der Waals surface area contributed by atoms with Crippen molar-refractivity contribution in [2.45, 2.75) is 52.2 Å². The van der Waals surface area contributed by atoms with E-state index >= 15 is 0 Å². The maximum absolute atomic E-state index is 11.4. The molecule has 0 amide bonds. The molecule has 1 aromatic rings. The summed E-state index contributed by atoms with van der Waals surface area (Å²) < 4.78 is 9.24. The Bertz CT molecular complexity index is 585. The molecule has 0 saturated carbocycles. The van der Waals surface area contributed by atoms with Crippen LogP contribution in [-0.4, -0.2) is 31.7 Å². The molecule has 0 aliphatic carbocycles. The summed E-state index contributed by atoms with van der Waals surface area (Å²) in [6.07, 6.45) is 4.39. The molecule has 1 heterocycles. The molecule has 2 rings (SSSR count). The molecule has 1 unspecified atom stereocenters. The van der Waals surface area contributed by atoms with Gasteiger partial charge in [0.25, 0.3) is 6.47 Å². The molecule has 5 heteroatoms. The smallest absolute Gasteiger partial charge is 0.337 e. The van der Waals surface area contributed by atoms with Crippen LogP contribution in [0.3, 0.4) is 0 Å². The van der Waals surface area contributed by atoms with Crippen molar-refractivity contribution in [3.63, 3.8) is 0 Å². The number of nitrogens with one attached hydrogen (secondary N) is 1. The zero-order chi connectivity index (χ0) is 18.9. The molecule has 1 aliphatic rings. The lowest BCUT2D eigenvalue weighted by molar-refractivity contribution is -0.138. The number of benzene rings is 1. The highest BCUT2D eigenvalue weighted by Gasteiger charge is 2.17. The van der Waals surface area contributed by atoms with Crippen LogP contribution in [0.1, 0.15) is 62.5 Å². The number of methoxy groups -OCH3 is 1. The zero-order valence-corrected chi connectivity index (χ0v) is 15.8. The lowest BCUT2D eigenvalue weighted by Crippen LogP contribution is -2.28. The number of esters is 1. The topological polar surface area (TPSA) is 64.6 Å². The third-order valence-electron chi connectivity index (χ3n) is 3.85. The Balaban J connectivity index is 0.000000381. The number of hydrogen-bond donors (Lipinski definition) is 1. The normalized spacial score (nSPS) is 18.8. The number of carbonyl (C=O) groups is 2. The first-order chi connectivity index (χ1) is 11.8. The van der Waals surface area contributed by atoms with Gasteiger partial charge in [-0.05, 0) is 64.8 Å². The fourth-order valence-electron chi connectivity index (χ4n) is 2.45. The van der Waals surface area contributed by atoms with Crippen molar-refractivity contribution in [3.05, 3.63) is 47.0 Å². The Labute approximate surface area is 150 Å². The first kappa shape index (κ1) is 20.9. The van der Waals surface area contributed by atoms with Gasteiger partial charge in [0.15, 0.2) is 0 Å². The third-order valence-corrected chi connectivity index (χ3v) is 3.85. The minimum Gasteiger partial charge on any atom is -0.465 e. The van der Waals surface area contributed by atoms with Gasteiger partial charge in [-0.2, -0.15) is 0 Å². The van der Waals surface area contributed by atoms with Crippen LogP contribution < -0.4 is 5.32 Å². The van der Waals surface area contributed by atoms with E-state index in [9.17, 15) is 9.59 Å². The van der Waals surface area contributed by atoms with E-state index in [-0.39, 0.29) is 11.6 Å². The Morgan fingerprint density at radius 1 is 1.24 bits per heavy atom. The van der Waals surface area contributed by atoms with Crippen molar-refractivity contribution in [2.24, 2.45) is 0 Å². The van der Waals surface area contributed by atoms with Gasteiger partial charge in [-0.15, -0.1) is 0 Å². The number of allylic oxidation sites excluding steroid dienone is 1. The summed E-state index contributed by atoms with van der Waals surface area (Å²) >= 11 is 0. The highest BCUT2D eigenvalue weighted by atomic mass is 16.5. The summed E-state index contributed by atoms with van der Waals surface area (Å²) in [7, 11) is 1.40. The Hall–Kier alpha value is -2.14. The molecule has 138 valence electrons. The summed E-state index contributed by atoms with van der Waals surface area (Å²) in [5, 5.41) is 3.51. The van der Waals surface area contributed by atoms with Crippen LogP contribution in [0.4, 0.5) is 0 Å². The number of carbonyl (C=O) groups excluding carboxylic acids is 2. The van der Waals surface area contributed by atoms with Crippen molar-refractivity contribution < 1.29 is 19.1 Å². The molecule has 0 spiro atoms. The monoisotopic (exact) mass is 347 g/mol. The molecular weight excluding hydrogens is 318 g/mol. The fourth-order valence-corrected chi connectivity index (χ4v) is 2.45. The van der Waals surface area contributed by atoms with E-state index in [1.165, 1.54) is 18.2 Å². The van der Waals surface area contributed by atoms with Crippen LogP contribution >= 0.6 is 0 Å². The largest absolute Gasteiger partial charge is 0.465 e. The SMILES string of the molecule is CC(C)(C)OC=O.CC=C1CCNC(c2ccc(C(=O)OC)cc2)C1. The summed E-state index contributed by atoms with van der Waals surface area (Å²) in [6.45, 7) is 9.03. The molecule has 1 saturated heterocycles. The van der Waals surface area contributed by atoms with E-state index in [2.05, 4.69) is 23.1 Å². The van der Waals surface area contributed by atoms with Gasteiger partial charge in [0.05, 0.1) is 12.7 Å². The molecule has 0 aromatic heterocycles. The lowest BCUT2D eigenvalue weighted by Gasteiger charge is -2.26. The second-order valence-electron chi connectivity index (χ2n) is 6.85. The van der Waals surface area contributed by atoms with E-state index in [4.69, 9.17) is 4.74 Å². The van der Waals surface area contributed by atoms with Crippen molar-refractivity contribution in [3.8, 4) is 0 Å². The van der Waals surface area contributed by atoms with Crippen molar-refractivity contribution >= 4 is 12.4 Å². The molecule has 5 nitrogen and oxygen atoms in total. The van der Waals surface area contributed by atoms with E-state index in [1.54, 1.807) is 0 Å². The zero-order valence-electron chi connectivity index (χ0n) is 15.8.